The van der Waals surface area contributed by atoms with Gasteiger partial charge in [0.1, 0.15) is 5.82 Å². The van der Waals surface area contributed by atoms with E-state index >= 15 is 0 Å². The van der Waals surface area contributed by atoms with Crippen LogP contribution in [0.4, 0.5) is 4.39 Å². The Morgan fingerprint density at radius 1 is 1.14 bits per heavy atom. The first kappa shape index (κ1) is 12.3. The molecule has 1 saturated carbocycles. The molecule has 0 amide bonds. The average molecular weight is 280 g/mol. The first-order chi connectivity index (χ1) is 10.2. The maximum atomic E-state index is 12.9. The highest BCUT2D eigenvalue weighted by molar-refractivity contribution is 5.99. The van der Waals surface area contributed by atoms with E-state index in [1.54, 1.807) is 12.1 Å². The standard InChI is InChI=1S/C17H13FN2O/c18-11-7-5-10(6-8-11)12-9-13(12)16(21)17-19-14-3-1-2-4-15(14)20-17/h1-8,12-13H,9H2,(H,19,20)/t12-,13+/m0/s1. The summed E-state index contributed by atoms with van der Waals surface area (Å²) in [6.45, 7) is 0. The van der Waals surface area contributed by atoms with Crippen LogP contribution in [0.5, 0.6) is 0 Å². The zero-order chi connectivity index (χ0) is 14.4. The Morgan fingerprint density at radius 3 is 2.67 bits per heavy atom. The van der Waals surface area contributed by atoms with Crippen LogP contribution in [0.3, 0.4) is 0 Å². The molecular weight excluding hydrogens is 267 g/mol. The van der Waals surface area contributed by atoms with Crippen molar-refractivity contribution in [3.8, 4) is 0 Å². The summed E-state index contributed by atoms with van der Waals surface area (Å²) in [6, 6.07) is 14.0. The van der Waals surface area contributed by atoms with E-state index < -0.39 is 0 Å². The van der Waals surface area contributed by atoms with Crippen LogP contribution >= 0.6 is 0 Å². The quantitative estimate of drug-likeness (QED) is 0.744. The largest absolute Gasteiger partial charge is 0.335 e. The number of H-pyrrole nitrogens is 1. The number of hydrogen-bond donors (Lipinski definition) is 1. The van der Waals surface area contributed by atoms with Crippen LogP contribution in [-0.2, 0) is 0 Å². The third-order valence-corrected chi connectivity index (χ3v) is 4.05. The molecule has 2 atom stereocenters. The van der Waals surface area contributed by atoms with Gasteiger partial charge in [-0.25, -0.2) is 9.37 Å². The number of nitrogens with one attached hydrogen (secondary N) is 1. The molecule has 104 valence electrons. The first-order valence-corrected chi connectivity index (χ1v) is 6.97. The summed E-state index contributed by atoms with van der Waals surface area (Å²) in [5.74, 6) is 0.355. The normalized spacial score (nSPS) is 20.6. The highest BCUT2D eigenvalue weighted by Gasteiger charge is 2.45. The molecule has 0 aliphatic heterocycles. The van der Waals surface area contributed by atoms with E-state index in [0.717, 1.165) is 23.0 Å². The van der Waals surface area contributed by atoms with Crippen LogP contribution in [0.2, 0.25) is 0 Å². The predicted molar refractivity (Wildman–Crippen MR) is 77.7 cm³/mol. The maximum absolute atomic E-state index is 12.9. The SMILES string of the molecule is O=C(c1nc2ccccc2[nH]1)[C@@H]1C[C@H]1c1ccc(F)cc1. The van der Waals surface area contributed by atoms with Crippen molar-refractivity contribution in [3.05, 3.63) is 65.7 Å². The third-order valence-electron chi connectivity index (χ3n) is 4.05. The summed E-state index contributed by atoms with van der Waals surface area (Å²) in [5, 5.41) is 0. The van der Waals surface area contributed by atoms with E-state index in [-0.39, 0.29) is 23.4 Å². The van der Waals surface area contributed by atoms with Gasteiger partial charge in [0.05, 0.1) is 11.0 Å². The van der Waals surface area contributed by atoms with Gasteiger partial charge in [-0.05, 0) is 42.2 Å². The van der Waals surface area contributed by atoms with Gasteiger partial charge in [-0.1, -0.05) is 24.3 Å². The minimum absolute atomic E-state index is 0.0422. The minimum atomic E-state index is -0.250. The lowest BCUT2D eigenvalue weighted by atomic mass is 10.1. The molecule has 0 spiro atoms. The number of benzene rings is 2. The fourth-order valence-corrected chi connectivity index (χ4v) is 2.81. The average Bonchev–Trinajstić information content (AvgIpc) is 3.18. The van der Waals surface area contributed by atoms with Crippen molar-refractivity contribution in [1.29, 1.82) is 0 Å². The molecule has 0 radical (unpaired) electrons. The molecule has 4 rings (SSSR count). The van der Waals surface area contributed by atoms with E-state index in [1.807, 2.05) is 24.3 Å². The molecule has 0 bridgehead atoms. The van der Waals surface area contributed by atoms with E-state index in [1.165, 1.54) is 12.1 Å². The number of nitrogens with zero attached hydrogens (tertiary/aromatic N) is 1. The highest BCUT2D eigenvalue weighted by Crippen LogP contribution is 2.48. The Balaban J connectivity index is 1.57. The second-order valence-corrected chi connectivity index (χ2v) is 5.47. The number of para-hydroxylation sites is 2. The molecule has 3 aromatic rings. The maximum Gasteiger partial charge on any atom is 0.201 e. The molecular formula is C17H13FN2O. The summed E-state index contributed by atoms with van der Waals surface area (Å²) in [4.78, 5) is 19.9. The van der Waals surface area contributed by atoms with Crippen molar-refractivity contribution >= 4 is 16.8 Å². The van der Waals surface area contributed by atoms with Gasteiger partial charge in [0, 0.05) is 5.92 Å². The van der Waals surface area contributed by atoms with Crippen LogP contribution < -0.4 is 0 Å². The summed E-state index contributed by atoms with van der Waals surface area (Å²) < 4.78 is 12.9. The fraction of sp³-hybridized carbons (Fsp3) is 0.176. The van der Waals surface area contributed by atoms with Gasteiger partial charge in [-0.15, -0.1) is 0 Å². The lowest BCUT2D eigenvalue weighted by molar-refractivity contribution is 0.0956. The number of Topliss-reactive ketones (excluding diaryl/α,β-unsaturated/α-hetero) is 1. The monoisotopic (exact) mass is 280 g/mol. The number of aromatic amines is 1. The molecule has 21 heavy (non-hydrogen) atoms. The fourth-order valence-electron chi connectivity index (χ4n) is 2.81. The third kappa shape index (κ3) is 2.13. The minimum Gasteiger partial charge on any atom is -0.335 e. The van der Waals surface area contributed by atoms with E-state index in [9.17, 15) is 9.18 Å². The Bertz CT molecular complexity index is 789. The Labute approximate surface area is 120 Å². The molecule has 1 aliphatic carbocycles. The van der Waals surface area contributed by atoms with Crippen molar-refractivity contribution in [1.82, 2.24) is 9.97 Å². The van der Waals surface area contributed by atoms with Gasteiger partial charge >= 0.3 is 0 Å². The molecule has 1 aromatic heterocycles. The number of ketones is 1. The van der Waals surface area contributed by atoms with Gasteiger partial charge in [-0.2, -0.15) is 0 Å². The van der Waals surface area contributed by atoms with Crippen molar-refractivity contribution in [3.63, 3.8) is 0 Å². The number of halogens is 1. The summed E-state index contributed by atoms with van der Waals surface area (Å²) in [7, 11) is 0. The van der Waals surface area contributed by atoms with Gasteiger partial charge in [0.15, 0.2) is 5.82 Å². The number of carbonyl (C=O) groups is 1. The topological polar surface area (TPSA) is 45.8 Å². The lowest BCUT2D eigenvalue weighted by Gasteiger charge is -1.99. The second-order valence-electron chi connectivity index (χ2n) is 5.47. The summed E-state index contributed by atoms with van der Waals surface area (Å²) in [5.41, 5.74) is 2.70. The van der Waals surface area contributed by atoms with E-state index in [2.05, 4.69) is 9.97 Å². The molecule has 1 aliphatic rings. The molecule has 0 saturated heterocycles. The zero-order valence-electron chi connectivity index (χ0n) is 11.2. The molecule has 1 N–H and O–H groups in total. The molecule has 2 aromatic carbocycles. The van der Waals surface area contributed by atoms with Crippen LogP contribution in [0, 0.1) is 11.7 Å². The number of aromatic nitrogens is 2. The number of hydrogen-bond acceptors (Lipinski definition) is 2. The van der Waals surface area contributed by atoms with Gasteiger partial charge in [0.2, 0.25) is 5.78 Å². The zero-order valence-corrected chi connectivity index (χ0v) is 11.2. The first-order valence-electron chi connectivity index (χ1n) is 6.97. The van der Waals surface area contributed by atoms with E-state index in [4.69, 9.17) is 0 Å². The van der Waals surface area contributed by atoms with Gasteiger partial charge < -0.3 is 4.98 Å². The number of carbonyl (C=O) groups excluding carboxylic acids is 1. The van der Waals surface area contributed by atoms with Crippen LogP contribution in [0.15, 0.2) is 48.5 Å². The molecule has 4 heteroatoms. The van der Waals surface area contributed by atoms with Gasteiger partial charge in [0.25, 0.3) is 0 Å². The van der Waals surface area contributed by atoms with Crippen molar-refractivity contribution in [2.24, 2.45) is 5.92 Å². The molecule has 3 nitrogen and oxygen atoms in total. The number of imidazole rings is 1. The smallest absolute Gasteiger partial charge is 0.201 e. The Morgan fingerprint density at radius 2 is 1.90 bits per heavy atom. The van der Waals surface area contributed by atoms with Crippen molar-refractivity contribution in [2.75, 3.05) is 0 Å². The van der Waals surface area contributed by atoms with Crippen molar-refractivity contribution in [2.45, 2.75) is 12.3 Å². The lowest BCUT2D eigenvalue weighted by Crippen LogP contribution is -2.05. The van der Waals surface area contributed by atoms with Crippen LogP contribution in [0.1, 0.15) is 28.5 Å². The summed E-state index contributed by atoms with van der Waals surface area (Å²) in [6.07, 6.45) is 0.807. The molecule has 1 fully saturated rings. The van der Waals surface area contributed by atoms with Gasteiger partial charge in [-0.3, -0.25) is 4.79 Å². The highest BCUT2D eigenvalue weighted by atomic mass is 19.1. The molecule has 0 unspecified atom stereocenters. The number of fused-ring (bicyclic) bond motifs is 1. The molecule has 1 heterocycles. The van der Waals surface area contributed by atoms with Crippen LogP contribution in [0.25, 0.3) is 11.0 Å². The Kier molecular flexibility index (Phi) is 2.64. The Hall–Kier alpha value is -2.49. The summed E-state index contributed by atoms with van der Waals surface area (Å²) >= 11 is 0. The van der Waals surface area contributed by atoms with Crippen molar-refractivity contribution < 1.29 is 9.18 Å². The van der Waals surface area contributed by atoms with E-state index in [0.29, 0.717) is 5.82 Å². The number of rotatable bonds is 3. The second kappa shape index (κ2) is 4.52. The predicted octanol–water partition coefficient (Wildman–Crippen LogP) is 3.69. The van der Waals surface area contributed by atoms with Crippen LogP contribution in [-0.4, -0.2) is 15.8 Å².